The van der Waals surface area contributed by atoms with Gasteiger partial charge in [0.2, 0.25) is 0 Å². The number of hydrogen-bond acceptors (Lipinski definition) is 5. The first-order valence-electron chi connectivity index (χ1n) is 8.88. The van der Waals surface area contributed by atoms with Crippen molar-refractivity contribution in [2.24, 2.45) is 0 Å². The smallest absolute Gasteiger partial charge is 0.262 e. The number of nitrogens with zero attached hydrogens (tertiary/aromatic N) is 1. The lowest BCUT2D eigenvalue weighted by atomic mass is 10.1. The Kier molecular flexibility index (Phi) is 6.13. The van der Waals surface area contributed by atoms with Crippen LogP contribution < -0.4 is 14.8 Å². The predicted octanol–water partition coefficient (Wildman–Crippen LogP) is 3.38. The molecule has 1 amide bonds. The lowest BCUT2D eigenvalue weighted by Gasteiger charge is -2.14. The molecule has 2 N–H and O–H groups in total. The Morgan fingerprint density at radius 2 is 1.79 bits per heavy atom. The number of pyridine rings is 1. The molecule has 0 radical (unpaired) electrons. The average molecular weight is 411 g/mol. The van der Waals surface area contributed by atoms with Gasteiger partial charge in [-0.1, -0.05) is 24.3 Å². The maximum Gasteiger partial charge on any atom is 0.262 e. The number of carbonyl (C=O) groups is 1. The van der Waals surface area contributed by atoms with E-state index in [-0.39, 0.29) is 16.5 Å². The number of nitrogens with one attached hydrogen (secondary N) is 2. The van der Waals surface area contributed by atoms with E-state index in [0.717, 1.165) is 0 Å². The number of benzene rings is 2. The molecular formula is C21H21N3O4S. The highest BCUT2D eigenvalue weighted by Gasteiger charge is 2.19. The maximum atomic E-state index is 12.8. The van der Waals surface area contributed by atoms with Crippen molar-refractivity contribution >= 4 is 21.6 Å². The molecule has 1 aromatic heterocycles. The summed E-state index contributed by atoms with van der Waals surface area (Å²) in [6, 6.07) is 17.6. The van der Waals surface area contributed by atoms with Crippen LogP contribution in [0.5, 0.6) is 5.75 Å². The molecule has 150 valence electrons. The standard InChI is InChI=1S/C21H21N3O4S/c1-15(18-10-5-6-13-22-18)23-21(25)16-8-7-9-17(14-16)29(26,27)24-19-11-3-4-12-20(19)28-2/h3-15,24H,1-2H3,(H,23,25). The van der Waals surface area contributed by atoms with Crippen molar-refractivity contribution < 1.29 is 17.9 Å². The van der Waals surface area contributed by atoms with E-state index in [1.165, 1.54) is 25.3 Å². The summed E-state index contributed by atoms with van der Waals surface area (Å²) in [6.07, 6.45) is 1.65. The van der Waals surface area contributed by atoms with Gasteiger partial charge in [-0.3, -0.25) is 14.5 Å². The van der Waals surface area contributed by atoms with E-state index in [1.807, 2.05) is 19.1 Å². The van der Waals surface area contributed by atoms with Gasteiger partial charge in [-0.15, -0.1) is 0 Å². The van der Waals surface area contributed by atoms with Gasteiger partial charge in [-0.2, -0.15) is 0 Å². The van der Waals surface area contributed by atoms with Gasteiger partial charge >= 0.3 is 0 Å². The molecule has 1 heterocycles. The normalized spacial score (nSPS) is 12.1. The van der Waals surface area contributed by atoms with Gasteiger partial charge in [0.15, 0.2) is 0 Å². The zero-order valence-corrected chi connectivity index (χ0v) is 16.8. The molecule has 7 nitrogen and oxygen atoms in total. The van der Waals surface area contributed by atoms with Gasteiger partial charge in [-0.25, -0.2) is 8.42 Å². The molecule has 1 atom stereocenters. The molecule has 3 rings (SSSR count). The molecule has 2 aromatic carbocycles. The first-order chi connectivity index (χ1) is 13.9. The number of rotatable bonds is 7. The van der Waals surface area contributed by atoms with E-state index in [1.54, 1.807) is 42.6 Å². The van der Waals surface area contributed by atoms with E-state index in [0.29, 0.717) is 17.1 Å². The zero-order valence-electron chi connectivity index (χ0n) is 16.0. The highest BCUT2D eigenvalue weighted by molar-refractivity contribution is 7.92. The lowest BCUT2D eigenvalue weighted by molar-refractivity contribution is 0.0939. The maximum absolute atomic E-state index is 12.8. The summed E-state index contributed by atoms with van der Waals surface area (Å²) in [5, 5.41) is 2.82. The number of sulfonamides is 1. The van der Waals surface area contributed by atoms with Crippen LogP contribution in [0.25, 0.3) is 0 Å². The summed E-state index contributed by atoms with van der Waals surface area (Å²) in [5.41, 5.74) is 1.26. The van der Waals surface area contributed by atoms with Crippen LogP contribution in [0, 0.1) is 0 Å². The molecule has 29 heavy (non-hydrogen) atoms. The van der Waals surface area contributed by atoms with Crippen LogP contribution in [-0.2, 0) is 10.0 Å². The van der Waals surface area contributed by atoms with Crippen molar-refractivity contribution in [2.45, 2.75) is 17.9 Å². The molecule has 0 saturated heterocycles. The molecule has 0 spiro atoms. The fourth-order valence-corrected chi connectivity index (χ4v) is 3.84. The Bertz CT molecular complexity index is 1100. The SMILES string of the molecule is COc1ccccc1NS(=O)(=O)c1cccc(C(=O)NC(C)c2ccccn2)c1. The van der Waals surface area contributed by atoms with Crippen molar-refractivity contribution in [3.05, 3.63) is 84.2 Å². The van der Waals surface area contributed by atoms with Crippen molar-refractivity contribution in [2.75, 3.05) is 11.8 Å². The first-order valence-corrected chi connectivity index (χ1v) is 10.4. The van der Waals surface area contributed by atoms with Crippen molar-refractivity contribution in [1.82, 2.24) is 10.3 Å². The molecule has 0 aliphatic carbocycles. The van der Waals surface area contributed by atoms with Crippen LogP contribution in [0.15, 0.2) is 77.8 Å². The third kappa shape index (κ3) is 4.91. The second-order valence-electron chi connectivity index (χ2n) is 6.28. The number of amides is 1. The van der Waals surface area contributed by atoms with Gasteiger partial charge in [0.05, 0.1) is 29.4 Å². The highest BCUT2D eigenvalue weighted by atomic mass is 32.2. The van der Waals surface area contributed by atoms with Crippen molar-refractivity contribution in [3.63, 3.8) is 0 Å². The minimum absolute atomic E-state index is 0.0263. The Morgan fingerprint density at radius 3 is 2.52 bits per heavy atom. The van der Waals surface area contributed by atoms with Crippen molar-refractivity contribution in [3.8, 4) is 5.75 Å². The Balaban J connectivity index is 1.80. The minimum Gasteiger partial charge on any atom is -0.495 e. The molecule has 0 saturated carbocycles. The monoisotopic (exact) mass is 411 g/mol. The summed E-state index contributed by atoms with van der Waals surface area (Å²) >= 11 is 0. The van der Waals surface area contributed by atoms with Gasteiger partial charge < -0.3 is 10.1 Å². The number of anilines is 1. The summed E-state index contributed by atoms with van der Waals surface area (Å²) in [7, 11) is -2.45. The van der Waals surface area contributed by atoms with Crippen LogP contribution in [0.2, 0.25) is 0 Å². The zero-order chi connectivity index (χ0) is 20.9. The van der Waals surface area contributed by atoms with Gasteiger partial charge in [0.1, 0.15) is 5.75 Å². The Labute approximate surface area is 169 Å². The third-order valence-corrected chi connectivity index (χ3v) is 5.60. The van der Waals surface area contributed by atoms with Gasteiger partial charge in [0.25, 0.3) is 15.9 Å². The van der Waals surface area contributed by atoms with Crippen LogP contribution in [0.3, 0.4) is 0 Å². The molecule has 0 bridgehead atoms. The number of carbonyl (C=O) groups excluding carboxylic acids is 1. The van der Waals surface area contributed by atoms with E-state index >= 15 is 0 Å². The Hall–Kier alpha value is -3.39. The summed E-state index contributed by atoms with van der Waals surface area (Å²) in [4.78, 5) is 16.8. The molecule has 0 aliphatic rings. The predicted molar refractivity (Wildman–Crippen MR) is 110 cm³/mol. The number of ether oxygens (including phenoxy) is 1. The lowest BCUT2D eigenvalue weighted by Crippen LogP contribution is -2.27. The fourth-order valence-electron chi connectivity index (χ4n) is 2.72. The van der Waals surface area contributed by atoms with E-state index < -0.39 is 15.9 Å². The minimum atomic E-state index is -3.90. The number of methoxy groups -OCH3 is 1. The quantitative estimate of drug-likeness (QED) is 0.621. The molecule has 0 aliphatic heterocycles. The summed E-state index contributed by atoms with van der Waals surface area (Å²) in [6.45, 7) is 1.81. The molecular weight excluding hydrogens is 390 g/mol. The van der Waals surface area contributed by atoms with Gasteiger partial charge in [-0.05, 0) is 49.4 Å². The average Bonchev–Trinajstić information content (AvgIpc) is 2.74. The first kappa shape index (κ1) is 20.3. The summed E-state index contributed by atoms with van der Waals surface area (Å²) < 4.78 is 33.2. The highest BCUT2D eigenvalue weighted by Crippen LogP contribution is 2.26. The Morgan fingerprint density at radius 1 is 1.03 bits per heavy atom. The van der Waals surface area contributed by atoms with Crippen molar-refractivity contribution in [1.29, 1.82) is 0 Å². The van der Waals surface area contributed by atoms with Crippen LogP contribution >= 0.6 is 0 Å². The second-order valence-corrected chi connectivity index (χ2v) is 7.97. The van der Waals surface area contributed by atoms with E-state index in [9.17, 15) is 13.2 Å². The molecule has 0 fully saturated rings. The van der Waals surface area contributed by atoms with Crippen LogP contribution in [0.1, 0.15) is 29.0 Å². The van der Waals surface area contributed by atoms with E-state index in [4.69, 9.17) is 4.74 Å². The van der Waals surface area contributed by atoms with Gasteiger partial charge in [0, 0.05) is 11.8 Å². The van der Waals surface area contributed by atoms with Crippen LogP contribution in [-0.4, -0.2) is 26.4 Å². The summed E-state index contributed by atoms with van der Waals surface area (Å²) in [5.74, 6) is 0.00616. The number of para-hydroxylation sites is 2. The number of hydrogen-bond donors (Lipinski definition) is 2. The molecule has 3 aromatic rings. The van der Waals surface area contributed by atoms with Crippen LogP contribution in [0.4, 0.5) is 5.69 Å². The largest absolute Gasteiger partial charge is 0.495 e. The number of aromatic nitrogens is 1. The topological polar surface area (TPSA) is 97.4 Å². The molecule has 8 heteroatoms. The third-order valence-electron chi connectivity index (χ3n) is 4.24. The fraction of sp³-hybridized carbons (Fsp3) is 0.143. The second kappa shape index (κ2) is 8.74. The van der Waals surface area contributed by atoms with E-state index in [2.05, 4.69) is 15.0 Å². The molecule has 1 unspecified atom stereocenters.